The van der Waals surface area contributed by atoms with Gasteiger partial charge in [-0.3, -0.25) is 0 Å². The third kappa shape index (κ3) is 3.00. The van der Waals surface area contributed by atoms with Crippen molar-refractivity contribution in [1.29, 1.82) is 0 Å². The van der Waals surface area contributed by atoms with Crippen LogP contribution >= 0.6 is 0 Å². The minimum atomic E-state index is -4.40. The van der Waals surface area contributed by atoms with Gasteiger partial charge in [-0.2, -0.15) is 13.2 Å². The van der Waals surface area contributed by atoms with Crippen LogP contribution in [-0.2, 0) is 6.18 Å². The second-order valence-corrected chi connectivity index (χ2v) is 3.10. The molecule has 16 heavy (non-hydrogen) atoms. The van der Waals surface area contributed by atoms with Crippen LogP contribution in [0.4, 0.5) is 13.2 Å². The van der Waals surface area contributed by atoms with Gasteiger partial charge in [0.1, 0.15) is 5.75 Å². The van der Waals surface area contributed by atoms with Gasteiger partial charge in [-0.05, 0) is 17.7 Å². The van der Waals surface area contributed by atoms with Gasteiger partial charge in [0.15, 0.2) is 0 Å². The van der Waals surface area contributed by atoms with E-state index >= 15 is 0 Å². The fourth-order valence-electron chi connectivity index (χ4n) is 1.25. The van der Waals surface area contributed by atoms with E-state index in [-0.39, 0.29) is 5.75 Å². The zero-order valence-corrected chi connectivity index (χ0v) is 8.71. The number of hydrogen-bond acceptors (Lipinski definition) is 2. The van der Waals surface area contributed by atoms with Gasteiger partial charge in [-0.15, -0.1) is 0 Å². The van der Waals surface area contributed by atoms with Crippen molar-refractivity contribution in [1.82, 2.24) is 0 Å². The number of methoxy groups -OCH3 is 1. The Bertz CT molecular complexity index is 385. The van der Waals surface area contributed by atoms with Crippen molar-refractivity contribution in [2.45, 2.75) is 6.18 Å². The number of rotatable bonds is 3. The van der Waals surface area contributed by atoms with Crippen LogP contribution < -0.4 is 10.5 Å². The highest BCUT2D eigenvalue weighted by atomic mass is 19.4. The van der Waals surface area contributed by atoms with E-state index in [1.807, 2.05) is 0 Å². The molecular weight excluding hydrogens is 219 g/mol. The van der Waals surface area contributed by atoms with Gasteiger partial charge in [0.05, 0.1) is 12.7 Å². The first-order valence-electron chi connectivity index (χ1n) is 4.61. The summed E-state index contributed by atoms with van der Waals surface area (Å²) in [7, 11) is 1.21. The zero-order valence-electron chi connectivity index (χ0n) is 8.71. The summed E-state index contributed by atoms with van der Waals surface area (Å²) < 4.78 is 42.2. The van der Waals surface area contributed by atoms with Gasteiger partial charge in [0, 0.05) is 6.54 Å². The molecule has 0 saturated carbocycles. The predicted molar refractivity (Wildman–Crippen MR) is 56.1 cm³/mol. The van der Waals surface area contributed by atoms with Crippen LogP contribution in [0, 0.1) is 0 Å². The van der Waals surface area contributed by atoms with Crippen LogP contribution in [0.25, 0.3) is 6.08 Å². The van der Waals surface area contributed by atoms with E-state index in [2.05, 4.69) is 0 Å². The summed E-state index contributed by atoms with van der Waals surface area (Å²) in [5.41, 5.74) is 5.09. The third-order valence-electron chi connectivity index (χ3n) is 1.98. The molecule has 2 nitrogen and oxygen atoms in total. The molecule has 0 aliphatic heterocycles. The average molecular weight is 231 g/mol. The van der Waals surface area contributed by atoms with Gasteiger partial charge in [0.2, 0.25) is 0 Å². The molecule has 0 atom stereocenters. The van der Waals surface area contributed by atoms with Crippen molar-refractivity contribution < 1.29 is 17.9 Å². The van der Waals surface area contributed by atoms with Crippen molar-refractivity contribution in [2.75, 3.05) is 13.7 Å². The monoisotopic (exact) mass is 231 g/mol. The Kier molecular flexibility index (Phi) is 3.95. The van der Waals surface area contributed by atoms with Crippen LogP contribution in [0.5, 0.6) is 5.75 Å². The molecule has 0 aromatic heterocycles. The van der Waals surface area contributed by atoms with Gasteiger partial charge < -0.3 is 10.5 Å². The van der Waals surface area contributed by atoms with Crippen LogP contribution in [0.15, 0.2) is 24.3 Å². The molecule has 0 radical (unpaired) electrons. The molecule has 88 valence electrons. The van der Waals surface area contributed by atoms with Crippen LogP contribution in [0.2, 0.25) is 0 Å². The molecule has 0 aliphatic carbocycles. The second kappa shape index (κ2) is 5.03. The highest BCUT2D eigenvalue weighted by molar-refractivity contribution is 5.54. The Morgan fingerprint density at radius 3 is 2.56 bits per heavy atom. The van der Waals surface area contributed by atoms with Crippen molar-refractivity contribution in [3.8, 4) is 5.75 Å². The summed E-state index contributed by atoms with van der Waals surface area (Å²) in [5.74, 6) is -0.188. The van der Waals surface area contributed by atoms with Gasteiger partial charge in [-0.25, -0.2) is 0 Å². The van der Waals surface area contributed by atoms with E-state index in [1.165, 1.54) is 19.2 Å². The first-order valence-corrected chi connectivity index (χ1v) is 4.61. The molecule has 0 fully saturated rings. The van der Waals surface area contributed by atoms with E-state index in [9.17, 15) is 13.2 Å². The summed E-state index contributed by atoms with van der Waals surface area (Å²) in [4.78, 5) is 0. The summed E-state index contributed by atoms with van der Waals surface area (Å²) >= 11 is 0. The van der Waals surface area contributed by atoms with Gasteiger partial charge in [0.25, 0.3) is 0 Å². The summed E-state index contributed by atoms with van der Waals surface area (Å²) in [6, 6.07) is 3.70. The summed E-state index contributed by atoms with van der Waals surface area (Å²) in [6.45, 7) is 0.337. The van der Waals surface area contributed by atoms with Crippen molar-refractivity contribution in [3.63, 3.8) is 0 Å². The Morgan fingerprint density at radius 2 is 2.06 bits per heavy atom. The Balaban J connectivity index is 3.12. The topological polar surface area (TPSA) is 35.2 Å². The first kappa shape index (κ1) is 12.6. The largest absolute Gasteiger partial charge is 0.496 e. The van der Waals surface area contributed by atoms with Crippen molar-refractivity contribution in [3.05, 3.63) is 35.4 Å². The Labute approximate surface area is 91.5 Å². The molecule has 0 aliphatic rings. The fraction of sp³-hybridized carbons (Fsp3) is 0.273. The lowest BCUT2D eigenvalue weighted by molar-refractivity contribution is -0.138. The number of nitrogens with two attached hydrogens (primary N) is 1. The smallest absolute Gasteiger partial charge is 0.419 e. The molecule has 0 heterocycles. The minimum Gasteiger partial charge on any atom is -0.496 e. The van der Waals surface area contributed by atoms with E-state index in [1.54, 1.807) is 12.2 Å². The lowest BCUT2D eigenvalue weighted by Gasteiger charge is -2.12. The molecule has 0 amide bonds. The Hall–Kier alpha value is -1.49. The average Bonchev–Trinajstić information content (AvgIpc) is 2.24. The van der Waals surface area contributed by atoms with Crippen molar-refractivity contribution >= 4 is 6.08 Å². The van der Waals surface area contributed by atoms with E-state index in [0.29, 0.717) is 12.1 Å². The van der Waals surface area contributed by atoms with Gasteiger partial charge >= 0.3 is 6.18 Å². The highest BCUT2D eigenvalue weighted by Crippen LogP contribution is 2.36. The maximum Gasteiger partial charge on any atom is 0.419 e. The molecule has 5 heteroatoms. The van der Waals surface area contributed by atoms with Crippen LogP contribution in [-0.4, -0.2) is 13.7 Å². The number of alkyl halides is 3. The highest BCUT2D eigenvalue weighted by Gasteiger charge is 2.34. The van der Waals surface area contributed by atoms with E-state index < -0.39 is 11.7 Å². The quantitative estimate of drug-likeness (QED) is 0.868. The van der Waals surface area contributed by atoms with Crippen LogP contribution in [0.1, 0.15) is 11.1 Å². The number of ether oxygens (including phenoxy) is 1. The molecule has 2 N–H and O–H groups in total. The molecule has 1 aromatic rings. The maximum atomic E-state index is 12.5. The molecule has 0 spiro atoms. The zero-order chi connectivity index (χ0) is 12.2. The minimum absolute atomic E-state index is 0.188. The molecular formula is C11H12F3NO. The predicted octanol–water partition coefficient (Wildman–Crippen LogP) is 2.69. The number of hydrogen-bond donors (Lipinski definition) is 1. The van der Waals surface area contributed by atoms with E-state index in [0.717, 1.165) is 6.07 Å². The summed E-state index contributed by atoms with van der Waals surface area (Å²) in [5, 5.41) is 0. The number of benzene rings is 1. The lowest BCUT2D eigenvalue weighted by atomic mass is 10.1. The van der Waals surface area contributed by atoms with E-state index in [4.69, 9.17) is 10.5 Å². The summed E-state index contributed by atoms with van der Waals surface area (Å²) in [6.07, 6.45) is -1.10. The molecule has 0 bridgehead atoms. The number of halogens is 3. The fourth-order valence-corrected chi connectivity index (χ4v) is 1.25. The molecule has 0 unspecified atom stereocenters. The standard InChI is InChI=1S/C11H12F3NO/c1-16-10-7-8(3-2-6-15)4-5-9(10)11(12,13)14/h2-5,7H,6,15H2,1H3/b3-2+. The SMILES string of the molecule is COc1cc(/C=C/CN)ccc1C(F)(F)F. The Morgan fingerprint density at radius 1 is 1.38 bits per heavy atom. The van der Waals surface area contributed by atoms with Gasteiger partial charge in [-0.1, -0.05) is 18.2 Å². The third-order valence-corrected chi connectivity index (χ3v) is 1.98. The first-order chi connectivity index (χ1) is 7.49. The normalized spacial score (nSPS) is 12.1. The maximum absolute atomic E-state index is 12.5. The molecule has 1 aromatic carbocycles. The second-order valence-electron chi connectivity index (χ2n) is 3.10. The van der Waals surface area contributed by atoms with Crippen LogP contribution in [0.3, 0.4) is 0 Å². The lowest BCUT2D eigenvalue weighted by Crippen LogP contribution is -2.07. The molecule has 1 rings (SSSR count). The van der Waals surface area contributed by atoms with Crippen molar-refractivity contribution in [2.24, 2.45) is 5.73 Å². The molecule has 0 saturated heterocycles.